The highest BCUT2D eigenvalue weighted by molar-refractivity contribution is 6.13. The standard InChI is InChI=1S/C19H12N2O2/c1-11-9-14-16(10-13(11)19-20-7-4-8-21-19)23-17-12-5-2-3-6-15(12)22-18(14)17/h2-10H,1H3. The van der Waals surface area contributed by atoms with E-state index in [9.17, 15) is 0 Å². The molecule has 0 spiro atoms. The van der Waals surface area contributed by atoms with Gasteiger partial charge in [-0.05, 0) is 42.8 Å². The summed E-state index contributed by atoms with van der Waals surface area (Å²) in [5.41, 5.74) is 5.28. The lowest BCUT2D eigenvalue weighted by Gasteiger charge is -2.03. The predicted molar refractivity (Wildman–Crippen MR) is 89.3 cm³/mol. The van der Waals surface area contributed by atoms with Gasteiger partial charge in [0.05, 0.1) is 10.8 Å². The monoisotopic (exact) mass is 300 g/mol. The molecule has 2 aromatic carbocycles. The van der Waals surface area contributed by atoms with Gasteiger partial charge in [0.25, 0.3) is 0 Å². The first-order valence-corrected chi connectivity index (χ1v) is 7.43. The Balaban J connectivity index is 1.86. The van der Waals surface area contributed by atoms with Crippen molar-refractivity contribution in [3.63, 3.8) is 0 Å². The molecule has 0 aliphatic heterocycles. The van der Waals surface area contributed by atoms with Crippen LogP contribution in [0.15, 0.2) is 63.7 Å². The van der Waals surface area contributed by atoms with Gasteiger partial charge in [0.1, 0.15) is 11.2 Å². The number of para-hydroxylation sites is 1. The van der Waals surface area contributed by atoms with Gasteiger partial charge in [0.2, 0.25) is 0 Å². The van der Waals surface area contributed by atoms with Gasteiger partial charge in [-0.25, -0.2) is 9.97 Å². The molecule has 0 aliphatic rings. The summed E-state index contributed by atoms with van der Waals surface area (Å²) in [5, 5.41) is 1.97. The molecule has 0 radical (unpaired) electrons. The fourth-order valence-corrected chi connectivity index (χ4v) is 3.04. The normalized spacial score (nSPS) is 11.7. The highest BCUT2D eigenvalue weighted by atomic mass is 16.4. The summed E-state index contributed by atoms with van der Waals surface area (Å²) in [6, 6.07) is 13.8. The maximum absolute atomic E-state index is 6.07. The van der Waals surface area contributed by atoms with E-state index < -0.39 is 0 Å². The van der Waals surface area contributed by atoms with E-state index in [1.54, 1.807) is 12.4 Å². The van der Waals surface area contributed by atoms with E-state index in [0.717, 1.165) is 44.2 Å². The summed E-state index contributed by atoms with van der Waals surface area (Å²) >= 11 is 0. The predicted octanol–water partition coefficient (Wildman–Crippen LogP) is 5.10. The molecular formula is C19H12N2O2. The fourth-order valence-electron chi connectivity index (χ4n) is 3.04. The lowest BCUT2D eigenvalue weighted by atomic mass is 10.1. The van der Waals surface area contributed by atoms with Crippen LogP contribution in [0, 0.1) is 6.92 Å². The van der Waals surface area contributed by atoms with E-state index in [-0.39, 0.29) is 0 Å². The summed E-state index contributed by atoms with van der Waals surface area (Å²) < 4.78 is 12.1. The number of aryl methyl sites for hydroxylation is 1. The lowest BCUT2D eigenvalue weighted by Crippen LogP contribution is -1.89. The van der Waals surface area contributed by atoms with Crippen LogP contribution in [0.25, 0.3) is 44.5 Å². The lowest BCUT2D eigenvalue weighted by molar-refractivity contribution is 0.653. The molecule has 23 heavy (non-hydrogen) atoms. The van der Waals surface area contributed by atoms with Crippen LogP contribution >= 0.6 is 0 Å². The number of furan rings is 2. The van der Waals surface area contributed by atoms with Gasteiger partial charge >= 0.3 is 0 Å². The molecule has 0 fully saturated rings. The molecule has 0 atom stereocenters. The number of benzene rings is 2. The third-order valence-corrected chi connectivity index (χ3v) is 4.14. The Bertz CT molecular complexity index is 1170. The number of nitrogens with zero attached hydrogens (tertiary/aromatic N) is 2. The Morgan fingerprint density at radius 1 is 0.783 bits per heavy atom. The molecule has 0 unspecified atom stereocenters. The molecule has 3 aromatic heterocycles. The van der Waals surface area contributed by atoms with E-state index in [2.05, 4.69) is 16.0 Å². The van der Waals surface area contributed by atoms with Gasteiger partial charge < -0.3 is 8.83 Å². The molecule has 4 nitrogen and oxygen atoms in total. The third kappa shape index (κ3) is 1.72. The molecule has 0 amide bonds. The Morgan fingerprint density at radius 2 is 1.52 bits per heavy atom. The van der Waals surface area contributed by atoms with Crippen LogP contribution < -0.4 is 0 Å². The highest BCUT2D eigenvalue weighted by Crippen LogP contribution is 2.38. The van der Waals surface area contributed by atoms with Crippen molar-refractivity contribution in [1.82, 2.24) is 9.97 Å². The summed E-state index contributed by atoms with van der Waals surface area (Å²) in [6.07, 6.45) is 3.49. The minimum atomic E-state index is 0.699. The quantitative estimate of drug-likeness (QED) is 0.432. The minimum absolute atomic E-state index is 0.699. The second kappa shape index (κ2) is 4.43. The van der Waals surface area contributed by atoms with Gasteiger partial charge in [0.15, 0.2) is 17.0 Å². The zero-order chi connectivity index (χ0) is 15.4. The largest absolute Gasteiger partial charge is 0.452 e. The van der Waals surface area contributed by atoms with Crippen LogP contribution in [0.3, 0.4) is 0 Å². The second-order valence-corrected chi connectivity index (χ2v) is 5.59. The average molecular weight is 300 g/mol. The van der Waals surface area contributed by atoms with Crippen molar-refractivity contribution < 1.29 is 8.83 Å². The zero-order valence-electron chi connectivity index (χ0n) is 12.4. The molecule has 0 aliphatic carbocycles. The SMILES string of the molecule is Cc1cc2c(cc1-c1ncccn1)oc1c3ccccc3oc21. The maximum Gasteiger partial charge on any atom is 0.181 e. The molecule has 110 valence electrons. The molecule has 5 rings (SSSR count). The van der Waals surface area contributed by atoms with Crippen LogP contribution in [0.5, 0.6) is 0 Å². The Morgan fingerprint density at radius 3 is 2.39 bits per heavy atom. The van der Waals surface area contributed by atoms with Crippen molar-refractivity contribution in [3.05, 3.63) is 60.4 Å². The van der Waals surface area contributed by atoms with Gasteiger partial charge in [0, 0.05) is 18.0 Å². The van der Waals surface area contributed by atoms with Crippen molar-refractivity contribution in [1.29, 1.82) is 0 Å². The van der Waals surface area contributed by atoms with Crippen LogP contribution in [0.4, 0.5) is 0 Å². The molecule has 3 heterocycles. The van der Waals surface area contributed by atoms with Crippen molar-refractivity contribution in [3.8, 4) is 11.4 Å². The number of fused-ring (bicyclic) bond motifs is 5. The van der Waals surface area contributed by atoms with E-state index in [0.29, 0.717) is 5.82 Å². The minimum Gasteiger partial charge on any atom is -0.452 e. The van der Waals surface area contributed by atoms with E-state index >= 15 is 0 Å². The van der Waals surface area contributed by atoms with Crippen LogP contribution in [-0.2, 0) is 0 Å². The topological polar surface area (TPSA) is 52.1 Å². The fraction of sp³-hybridized carbons (Fsp3) is 0.0526. The van der Waals surface area contributed by atoms with Crippen molar-refractivity contribution >= 4 is 33.1 Å². The number of hydrogen-bond donors (Lipinski definition) is 0. The summed E-state index contributed by atoms with van der Waals surface area (Å²) in [5.74, 6) is 0.699. The summed E-state index contributed by atoms with van der Waals surface area (Å²) in [7, 11) is 0. The summed E-state index contributed by atoms with van der Waals surface area (Å²) in [4.78, 5) is 8.66. The zero-order valence-corrected chi connectivity index (χ0v) is 12.4. The number of rotatable bonds is 1. The first-order chi connectivity index (χ1) is 11.3. The Hall–Kier alpha value is -3.14. The van der Waals surface area contributed by atoms with E-state index in [1.807, 2.05) is 43.3 Å². The van der Waals surface area contributed by atoms with E-state index in [1.165, 1.54) is 0 Å². The second-order valence-electron chi connectivity index (χ2n) is 5.59. The number of aromatic nitrogens is 2. The van der Waals surface area contributed by atoms with Gasteiger partial charge in [-0.1, -0.05) is 12.1 Å². The van der Waals surface area contributed by atoms with Gasteiger partial charge in [-0.15, -0.1) is 0 Å². The van der Waals surface area contributed by atoms with Crippen LogP contribution in [0.1, 0.15) is 5.56 Å². The van der Waals surface area contributed by atoms with E-state index in [4.69, 9.17) is 8.83 Å². The van der Waals surface area contributed by atoms with Crippen molar-refractivity contribution in [2.75, 3.05) is 0 Å². The Kier molecular flexibility index (Phi) is 2.39. The summed E-state index contributed by atoms with van der Waals surface area (Å²) in [6.45, 7) is 2.05. The average Bonchev–Trinajstić information content (AvgIpc) is 3.11. The molecule has 0 saturated carbocycles. The molecule has 0 N–H and O–H groups in total. The third-order valence-electron chi connectivity index (χ3n) is 4.14. The molecule has 5 aromatic rings. The Labute approximate surface area is 131 Å². The molecule has 0 saturated heterocycles. The van der Waals surface area contributed by atoms with Gasteiger partial charge in [-0.2, -0.15) is 0 Å². The first-order valence-electron chi connectivity index (χ1n) is 7.43. The van der Waals surface area contributed by atoms with Crippen molar-refractivity contribution in [2.24, 2.45) is 0 Å². The molecule has 4 heteroatoms. The smallest absolute Gasteiger partial charge is 0.181 e. The first kappa shape index (κ1) is 12.4. The highest BCUT2D eigenvalue weighted by Gasteiger charge is 2.17. The molecule has 0 bridgehead atoms. The van der Waals surface area contributed by atoms with Crippen molar-refractivity contribution in [2.45, 2.75) is 6.92 Å². The number of hydrogen-bond acceptors (Lipinski definition) is 4. The molecular weight excluding hydrogens is 288 g/mol. The van der Waals surface area contributed by atoms with Crippen LogP contribution in [0.2, 0.25) is 0 Å². The van der Waals surface area contributed by atoms with Crippen LogP contribution in [-0.4, -0.2) is 9.97 Å². The maximum atomic E-state index is 6.07. The van der Waals surface area contributed by atoms with Gasteiger partial charge in [-0.3, -0.25) is 0 Å².